The number of nitrogens with zero attached hydrogens (tertiary/aromatic N) is 4. The van der Waals surface area contributed by atoms with Crippen LogP contribution in [-0.4, -0.2) is 38.9 Å². The Bertz CT molecular complexity index is 786. The molecule has 0 saturated heterocycles. The maximum absolute atomic E-state index is 12.8. The van der Waals surface area contributed by atoms with E-state index in [1.807, 2.05) is 18.4 Å². The molecule has 0 aliphatic carbocycles. The highest BCUT2D eigenvalue weighted by Crippen LogP contribution is 2.12. The van der Waals surface area contributed by atoms with Crippen LogP contribution >= 0.6 is 0 Å². The number of fused-ring (bicyclic) bond motifs is 1. The third-order valence-electron chi connectivity index (χ3n) is 3.87. The van der Waals surface area contributed by atoms with Gasteiger partial charge in [0, 0.05) is 20.2 Å². The zero-order chi connectivity index (χ0) is 16.4. The lowest BCUT2D eigenvalue weighted by Gasteiger charge is -2.16. The summed E-state index contributed by atoms with van der Waals surface area (Å²) in [7, 11) is 1.57. The minimum absolute atomic E-state index is 0.212. The molecule has 2 aromatic heterocycles. The standard InChI is InChI=1S/C14H23N5O3/c1-5-17-10(3)16-12-11(17)13(20)19(9(2)8-15)14(21)18(12)6-7-22-4/h9H,5-8,15H2,1-4H3. The molecule has 0 saturated carbocycles. The normalized spacial score (nSPS) is 13.0. The fraction of sp³-hybridized carbons (Fsp3) is 0.643. The predicted molar refractivity (Wildman–Crippen MR) is 84.3 cm³/mol. The average Bonchev–Trinajstić information content (AvgIpc) is 2.83. The maximum Gasteiger partial charge on any atom is 0.333 e. The average molecular weight is 309 g/mol. The van der Waals surface area contributed by atoms with E-state index < -0.39 is 5.69 Å². The van der Waals surface area contributed by atoms with Crippen molar-refractivity contribution in [1.82, 2.24) is 18.7 Å². The number of hydrogen-bond acceptors (Lipinski definition) is 5. The van der Waals surface area contributed by atoms with Crippen molar-refractivity contribution < 1.29 is 4.74 Å². The van der Waals surface area contributed by atoms with Gasteiger partial charge in [-0.05, 0) is 20.8 Å². The van der Waals surface area contributed by atoms with Crippen molar-refractivity contribution in [1.29, 1.82) is 0 Å². The minimum atomic E-state index is -0.395. The molecule has 2 aromatic rings. The van der Waals surface area contributed by atoms with Crippen LogP contribution in [0.15, 0.2) is 9.59 Å². The number of methoxy groups -OCH3 is 1. The van der Waals surface area contributed by atoms with Gasteiger partial charge in [-0.2, -0.15) is 0 Å². The summed E-state index contributed by atoms with van der Waals surface area (Å²) < 4.78 is 9.59. The number of aromatic nitrogens is 4. The van der Waals surface area contributed by atoms with E-state index in [9.17, 15) is 9.59 Å². The molecule has 0 aromatic carbocycles. The van der Waals surface area contributed by atoms with E-state index >= 15 is 0 Å². The molecule has 2 heterocycles. The van der Waals surface area contributed by atoms with E-state index in [-0.39, 0.29) is 18.1 Å². The number of imidazole rings is 1. The van der Waals surface area contributed by atoms with Crippen LogP contribution in [-0.2, 0) is 17.8 Å². The zero-order valence-corrected chi connectivity index (χ0v) is 13.5. The van der Waals surface area contributed by atoms with Gasteiger partial charge in [-0.1, -0.05) is 0 Å². The van der Waals surface area contributed by atoms with Crippen LogP contribution < -0.4 is 17.0 Å². The molecule has 0 aliphatic heterocycles. The van der Waals surface area contributed by atoms with Crippen molar-refractivity contribution in [2.75, 3.05) is 20.3 Å². The van der Waals surface area contributed by atoms with Gasteiger partial charge in [0.2, 0.25) is 0 Å². The maximum atomic E-state index is 12.8. The molecule has 1 unspecified atom stereocenters. The predicted octanol–water partition coefficient (Wildman–Crippen LogP) is -0.146. The van der Waals surface area contributed by atoms with E-state index in [0.29, 0.717) is 36.7 Å². The molecule has 2 rings (SSSR count). The minimum Gasteiger partial charge on any atom is -0.383 e. The Labute approximate surface area is 128 Å². The van der Waals surface area contributed by atoms with E-state index in [1.165, 1.54) is 9.13 Å². The first-order chi connectivity index (χ1) is 10.5. The fourth-order valence-corrected chi connectivity index (χ4v) is 2.64. The summed E-state index contributed by atoms with van der Waals surface area (Å²) in [6, 6.07) is -0.376. The van der Waals surface area contributed by atoms with Gasteiger partial charge in [0.05, 0.1) is 19.2 Å². The quantitative estimate of drug-likeness (QED) is 0.800. The molecular weight excluding hydrogens is 286 g/mol. The van der Waals surface area contributed by atoms with Crippen molar-refractivity contribution >= 4 is 11.2 Å². The summed E-state index contributed by atoms with van der Waals surface area (Å²) in [5.74, 6) is 0.707. The van der Waals surface area contributed by atoms with Crippen LogP contribution in [0.3, 0.4) is 0 Å². The first-order valence-electron chi connectivity index (χ1n) is 7.39. The first-order valence-corrected chi connectivity index (χ1v) is 7.39. The SMILES string of the molecule is CCn1c(C)nc2c1c(=O)n(C(C)CN)c(=O)n2CCOC. The van der Waals surface area contributed by atoms with Gasteiger partial charge in [-0.25, -0.2) is 9.78 Å². The first kappa shape index (κ1) is 16.4. The number of ether oxygens (including phenoxy) is 1. The topological polar surface area (TPSA) is 97.1 Å². The van der Waals surface area contributed by atoms with Crippen molar-refractivity contribution in [3.8, 4) is 0 Å². The number of rotatable bonds is 6. The molecule has 8 heteroatoms. The molecule has 0 spiro atoms. The Morgan fingerprint density at radius 2 is 2.00 bits per heavy atom. The Morgan fingerprint density at radius 1 is 1.32 bits per heavy atom. The molecule has 8 nitrogen and oxygen atoms in total. The van der Waals surface area contributed by atoms with Crippen molar-refractivity contribution in [3.05, 3.63) is 26.7 Å². The Balaban J connectivity index is 2.91. The molecule has 0 aliphatic rings. The van der Waals surface area contributed by atoms with Gasteiger partial charge in [-0.3, -0.25) is 13.9 Å². The van der Waals surface area contributed by atoms with Crippen molar-refractivity contribution in [3.63, 3.8) is 0 Å². The van der Waals surface area contributed by atoms with Gasteiger partial charge < -0.3 is 15.0 Å². The molecule has 22 heavy (non-hydrogen) atoms. The molecule has 0 bridgehead atoms. The number of aryl methyl sites for hydroxylation is 2. The van der Waals surface area contributed by atoms with Gasteiger partial charge in [0.1, 0.15) is 5.82 Å². The summed E-state index contributed by atoms with van der Waals surface area (Å²) in [5, 5.41) is 0. The van der Waals surface area contributed by atoms with E-state index in [0.717, 1.165) is 0 Å². The van der Waals surface area contributed by atoms with Gasteiger partial charge in [-0.15, -0.1) is 0 Å². The largest absolute Gasteiger partial charge is 0.383 e. The van der Waals surface area contributed by atoms with Gasteiger partial charge in [0.25, 0.3) is 5.56 Å². The molecule has 0 fully saturated rings. The second-order valence-electron chi connectivity index (χ2n) is 5.26. The highest BCUT2D eigenvalue weighted by Gasteiger charge is 2.21. The fourth-order valence-electron chi connectivity index (χ4n) is 2.64. The molecule has 0 radical (unpaired) electrons. The van der Waals surface area contributed by atoms with E-state index in [2.05, 4.69) is 4.98 Å². The molecule has 1 atom stereocenters. The van der Waals surface area contributed by atoms with Crippen LogP contribution in [0.5, 0.6) is 0 Å². The Kier molecular flexibility index (Phi) is 4.82. The highest BCUT2D eigenvalue weighted by molar-refractivity contribution is 5.71. The molecular formula is C14H23N5O3. The van der Waals surface area contributed by atoms with Crippen LogP contribution in [0.2, 0.25) is 0 Å². The van der Waals surface area contributed by atoms with Crippen LogP contribution in [0.25, 0.3) is 11.2 Å². The van der Waals surface area contributed by atoms with Gasteiger partial charge >= 0.3 is 5.69 Å². The smallest absolute Gasteiger partial charge is 0.333 e. The lowest BCUT2D eigenvalue weighted by Crippen LogP contribution is -2.44. The lowest BCUT2D eigenvalue weighted by atomic mass is 10.3. The summed E-state index contributed by atoms with van der Waals surface area (Å²) in [4.78, 5) is 29.9. The second-order valence-corrected chi connectivity index (χ2v) is 5.26. The Hall–Kier alpha value is -1.93. The molecule has 122 valence electrons. The van der Waals surface area contributed by atoms with Gasteiger partial charge in [0.15, 0.2) is 11.2 Å². The monoisotopic (exact) mass is 309 g/mol. The van der Waals surface area contributed by atoms with E-state index in [4.69, 9.17) is 10.5 Å². The summed E-state index contributed by atoms with van der Waals surface area (Å²) in [6.07, 6.45) is 0. The third-order valence-corrected chi connectivity index (χ3v) is 3.87. The molecule has 0 amide bonds. The van der Waals surface area contributed by atoms with Crippen LogP contribution in [0.4, 0.5) is 0 Å². The molecule has 2 N–H and O–H groups in total. The zero-order valence-electron chi connectivity index (χ0n) is 13.5. The number of nitrogens with two attached hydrogens (primary N) is 1. The highest BCUT2D eigenvalue weighted by atomic mass is 16.5. The van der Waals surface area contributed by atoms with Crippen molar-refractivity contribution in [2.45, 2.75) is 39.9 Å². The summed E-state index contributed by atoms with van der Waals surface area (Å²) in [6.45, 7) is 7.04. The lowest BCUT2D eigenvalue weighted by molar-refractivity contribution is 0.186. The van der Waals surface area contributed by atoms with Crippen LogP contribution in [0.1, 0.15) is 25.7 Å². The second kappa shape index (κ2) is 6.45. The van der Waals surface area contributed by atoms with E-state index in [1.54, 1.807) is 14.0 Å². The van der Waals surface area contributed by atoms with Crippen molar-refractivity contribution in [2.24, 2.45) is 5.73 Å². The van der Waals surface area contributed by atoms with Crippen LogP contribution in [0, 0.1) is 6.92 Å². The number of hydrogen-bond donors (Lipinski definition) is 1. The summed E-state index contributed by atoms with van der Waals surface area (Å²) >= 11 is 0. The summed E-state index contributed by atoms with van der Waals surface area (Å²) in [5.41, 5.74) is 5.77. The Morgan fingerprint density at radius 3 is 2.55 bits per heavy atom. The third kappa shape index (κ3) is 2.48.